The van der Waals surface area contributed by atoms with E-state index in [1.54, 1.807) is 0 Å². The number of nitrogens with zero attached hydrogens (tertiary/aromatic N) is 1. The molecule has 3 atom stereocenters. The van der Waals surface area contributed by atoms with Crippen molar-refractivity contribution in [2.45, 2.75) is 82.8 Å². The van der Waals surface area contributed by atoms with Crippen LogP contribution in [0.3, 0.4) is 0 Å². The van der Waals surface area contributed by atoms with Gasteiger partial charge in [0.1, 0.15) is 18.0 Å². The largest absolute Gasteiger partial charge is 0.487 e. The van der Waals surface area contributed by atoms with E-state index in [1.807, 2.05) is 28.5 Å². The predicted molar refractivity (Wildman–Crippen MR) is 126 cm³/mol. The second-order valence-corrected chi connectivity index (χ2v) is 12.6. The number of benzene rings is 1. The molecule has 0 radical (unpaired) electrons. The first kappa shape index (κ1) is 24.2. The van der Waals surface area contributed by atoms with Crippen LogP contribution in [0.25, 0.3) is 0 Å². The van der Waals surface area contributed by atoms with Crippen LogP contribution in [0, 0.1) is 11.3 Å². The molecule has 0 spiro atoms. The number of hydroxylamine groups is 2. The molecule has 30 heavy (non-hydrogen) atoms. The van der Waals surface area contributed by atoms with Gasteiger partial charge in [-0.05, 0) is 61.4 Å². The molecule has 0 saturated carbocycles. The van der Waals surface area contributed by atoms with Gasteiger partial charge in [-0.3, -0.25) is 0 Å². The van der Waals surface area contributed by atoms with Crippen LogP contribution in [-0.2, 0) is 12.2 Å². The zero-order valence-electron chi connectivity index (χ0n) is 19.2. The number of nitrogens with one attached hydrogen (secondary N) is 1. The Morgan fingerprint density at radius 3 is 2.60 bits per heavy atom. The third-order valence-corrected chi connectivity index (χ3v) is 8.80. The second-order valence-electron chi connectivity index (χ2n) is 10.3. The maximum absolute atomic E-state index is 10.8. The monoisotopic (exact) mass is 454 g/mol. The maximum Gasteiger partial charge on any atom is 0.130 e. The first-order valence-electron chi connectivity index (χ1n) is 11.0. The number of hydrogen-bond donors (Lipinski definition) is 3. The Hall–Kier alpha value is -0.440. The molecule has 0 aromatic heterocycles. The minimum atomic E-state index is -0.548. The summed E-state index contributed by atoms with van der Waals surface area (Å²) in [6.07, 6.45) is 0.900. The van der Waals surface area contributed by atoms with Crippen LogP contribution in [0.4, 0.5) is 0 Å². The fourth-order valence-electron chi connectivity index (χ4n) is 4.25. The number of ether oxygens (including phenoxy) is 1. The van der Waals surface area contributed by atoms with Gasteiger partial charge in [0.15, 0.2) is 0 Å². The summed E-state index contributed by atoms with van der Waals surface area (Å²) in [6.45, 7) is 14.8. The molecule has 1 aromatic carbocycles. The molecule has 0 bridgehead atoms. The van der Waals surface area contributed by atoms with E-state index in [4.69, 9.17) is 4.74 Å². The van der Waals surface area contributed by atoms with Crippen molar-refractivity contribution < 1.29 is 15.1 Å². The Balaban J connectivity index is 1.52. The zero-order chi connectivity index (χ0) is 22.1. The SMILES string of the molecule is CCN(O)C(C)(C)CC(CNCC(O)C1Cc2cc3c(cc2O1)CSS3)C(C)(C)C. The van der Waals surface area contributed by atoms with Crippen molar-refractivity contribution >= 4 is 21.6 Å². The van der Waals surface area contributed by atoms with Crippen LogP contribution in [0.2, 0.25) is 0 Å². The highest BCUT2D eigenvalue weighted by molar-refractivity contribution is 8.76. The van der Waals surface area contributed by atoms with Crippen molar-refractivity contribution in [3.05, 3.63) is 23.3 Å². The lowest BCUT2D eigenvalue weighted by Crippen LogP contribution is -2.47. The summed E-state index contributed by atoms with van der Waals surface area (Å²) in [5, 5.41) is 25.9. The van der Waals surface area contributed by atoms with Gasteiger partial charge in [-0.15, -0.1) is 0 Å². The minimum Gasteiger partial charge on any atom is -0.487 e. The van der Waals surface area contributed by atoms with Crippen molar-refractivity contribution in [1.29, 1.82) is 0 Å². The average molecular weight is 455 g/mol. The molecule has 3 unspecified atom stereocenters. The Morgan fingerprint density at radius 2 is 1.93 bits per heavy atom. The van der Waals surface area contributed by atoms with Crippen LogP contribution in [-0.4, -0.2) is 52.8 Å². The average Bonchev–Trinajstić information content (AvgIpc) is 3.29. The van der Waals surface area contributed by atoms with Crippen molar-refractivity contribution in [3.8, 4) is 5.75 Å². The number of aliphatic hydroxyl groups excluding tert-OH is 1. The Kier molecular flexibility index (Phi) is 7.74. The van der Waals surface area contributed by atoms with Crippen molar-refractivity contribution in [2.75, 3.05) is 19.6 Å². The summed E-state index contributed by atoms with van der Waals surface area (Å²) < 4.78 is 6.10. The highest BCUT2D eigenvalue weighted by Crippen LogP contribution is 2.47. The smallest absolute Gasteiger partial charge is 0.130 e. The summed E-state index contributed by atoms with van der Waals surface area (Å²) in [7, 11) is 3.70. The fourth-order valence-corrected chi connectivity index (χ4v) is 6.73. The van der Waals surface area contributed by atoms with Crippen LogP contribution in [0.5, 0.6) is 5.75 Å². The summed E-state index contributed by atoms with van der Waals surface area (Å²) >= 11 is 0. The summed E-state index contributed by atoms with van der Waals surface area (Å²) in [5.74, 6) is 2.33. The van der Waals surface area contributed by atoms with Gasteiger partial charge in [-0.2, -0.15) is 5.06 Å². The quantitative estimate of drug-likeness (QED) is 0.368. The van der Waals surface area contributed by atoms with E-state index in [9.17, 15) is 10.3 Å². The lowest BCUT2D eigenvalue weighted by atomic mass is 9.74. The molecular weight excluding hydrogens is 416 g/mol. The highest BCUT2D eigenvalue weighted by Gasteiger charge is 2.35. The molecule has 2 aliphatic heterocycles. The Morgan fingerprint density at radius 1 is 1.20 bits per heavy atom. The van der Waals surface area contributed by atoms with E-state index >= 15 is 0 Å². The van der Waals surface area contributed by atoms with E-state index in [0.29, 0.717) is 19.0 Å². The van der Waals surface area contributed by atoms with Gasteiger partial charge in [0, 0.05) is 35.7 Å². The normalized spacial score (nSPS) is 20.8. The van der Waals surface area contributed by atoms with Crippen LogP contribution in [0.15, 0.2) is 17.0 Å². The van der Waals surface area contributed by atoms with Gasteiger partial charge >= 0.3 is 0 Å². The lowest BCUT2D eigenvalue weighted by molar-refractivity contribution is -0.167. The molecule has 7 heteroatoms. The van der Waals surface area contributed by atoms with Crippen LogP contribution < -0.4 is 10.1 Å². The van der Waals surface area contributed by atoms with Crippen molar-refractivity contribution in [1.82, 2.24) is 10.4 Å². The molecule has 3 N–H and O–H groups in total. The number of rotatable bonds is 9. The third-order valence-electron chi connectivity index (χ3n) is 6.45. The molecule has 0 amide bonds. The zero-order valence-corrected chi connectivity index (χ0v) is 20.8. The predicted octanol–water partition coefficient (Wildman–Crippen LogP) is 4.74. The summed E-state index contributed by atoms with van der Waals surface area (Å²) in [6, 6.07) is 4.39. The molecule has 0 aliphatic carbocycles. The van der Waals surface area contributed by atoms with Crippen molar-refractivity contribution in [3.63, 3.8) is 0 Å². The first-order chi connectivity index (χ1) is 14.0. The van der Waals surface area contributed by atoms with Gasteiger partial charge in [0.25, 0.3) is 0 Å². The molecular formula is C23H38N2O3S2. The van der Waals surface area contributed by atoms with Gasteiger partial charge in [-0.25, -0.2) is 0 Å². The Labute approximate surface area is 189 Å². The van der Waals surface area contributed by atoms with Gasteiger partial charge in [0.2, 0.25) is 0 Å². The first-order valence-corrected chi connectivity index (χ1v) is 13.3. The topological polar surface area (TPSA) is 65.0 Å². The minimum absolute atomic E-state index is 0.0974. The highest BCUT2D eigenvalue weighted by atomic mass is 33.1. The molecule has 0 fully saturated rings. The second kappa shape index (κ2) is 9.59. The van der Waals surface area contributed by atoms with Gasteiger partial charge < -0.3 is 20.4 Å². The molecule has 170 valence electrons. The van der Waals surface area contributed by atoms with Crippen LogP contribution in [0.1, 0.15) is 59.1 Å². The van der Waals surface area contributed by atoms with E-state index in [0.717, 1.165) is 30.9 Å². The van der Waals surface area contributed by atoms with E-state index in [-0.39, 0.29) is 17.1 Å². The maximum atomic E-state index is 10.8. The number of aliphatic hydroxyl groups is 1. The van der Waals surface area contributed by atoms with Gasteiger partial charge in [-0.1, -0.05) is 49.3 Å². The van der Waals surface area contributed by atoms with Gasteiger partial charge in [0.05, 0.1) is 0 Å². The molecule has 0 saturated heterocycles. The molecule has 5 nitrogen and oxygen atoms in total. The number of fused-ring (bicyclic) bond motifs is 2. The molecule has 2 heterocycles. The summed E-state index contributed by atoms with van der Waals surface area (Å²) in [4.78, 5) is 1.34. The fraction of sp³-hybridized carbons (Fsp3) is 0.739. The van der Waals surface area contributed by atoms with Crippen molar-refractivity contribution in [2.24, 2.45) is 11.3 Å². The standard InChI is InChI=1S/C23H38N2O3S2/c1-7-25(27)23(5,6)11-17(22(2,3)4)12-24-13-18(26)20-8-15-10-21-16(14-29-30-21)9-19(15)28-20/h9-10,17-18,20,24,26-27H,7-8,11-14H2,1-6H3. The van der Waals surface area contributed by atoms with Crippen LogP contribution >= 0.6 is 21.6 Å². The molecule has 1 aromatic rings. The molecule has 3 rings (SSSR count). The molecule has 2 aliphatic rings. The van der Waals surface area contributed by atoms with E-state index in [1.165, 1.54) is 21.1 Å². The Bertz CT molecular complexity index is 703. The lowest BCUT2D eigenvalue weighted by Gasteiger charge is -2.40. The summed E-state index contributed by atoms with van der Waals surface area (Å²) in [5.41, 5.74) is 2.36. The van der Waals surface area contributed by atoms with E-state index < -0.39 is 6.10 Å². The third kappa shape index (κ3) is 5.67. The number of hydrogen-bond acceptors (Lipinski definition) is 7. The van der Waals surface area contributed by atoms with E-state index in [2.05, 4.69) is 52.1 Å².